The molecule has 1 aliphatic heterocycles. The van der Waals surface area contributed by atoms with Gasteiger partial charge in [-0.2, -0.15) is 4.72 Å². The van der Waals surface area contributed by atoms with Crippen molar-refractivity contribution in [2.75, 3.05) is 33.3 Å². The smallest absolute Gasteiger partial charge is 0.255 e. The number of nitrogens with one attached hydrogen (secondary N) is 2. The maximum Gasteiger partial charge on any atom is 0.255 e. The number of ether oxygens (including phenoxy) is 1. The summed E-state index contributed by atoms with van der Waals surface area (Å²) in [4.78, 5) is 14.9. The Balaban J connectivity index is 2.17. The molecule has 142 valence electrons. The molecule has 1 saturated heterocycles. The summed E-state index contributed by atoms with van der Waals surface area (Å²) in [6, 6.07) is 4.45. The topological polar surface area (TPSA) is 87.7 Å². The molecule has 26 heavy (non-hydrogen) atoms. The van der Waals surface area contributed by atoms with Gasteiger partial charge >= 0.3 is 0 Å². The second kappa shape index (κ2) is 9.03. The normalized spacial score (nSPS) is 17.7. The molecule has 2 rings (SSSR count). The Morgan fingerprint density at radius 3 is 2.88 bits per heavy atom. The average molecular weight is 379 g/mol. The number of nitrogens with zero attached hydrogens (tertiary/aromatic N) is 1. The van der Waals surface area contributed by atoms with Gasteiger partial charge in [0.25, 0.3) is 5.91 Å². The van der Waals surface area contributed by atoms with E-state index in [0.29, 0.717) is 18.3 Å². The molecule has 2 N–H and O–H groups in total. The van der Waals surface area contributed by atoms with Gasteiger partial charge in [0, 0.05) is 12.6 Å². The fourth-order valence-electron chi connectivity index (χ4n) is 3.10. The predicted molar refractivity (Wildman–Crippen MR) is 99.6 cm³/mol. The minimum absolute atomic E-state index is 0.0326. The van der Waals surface area contributed by atoms with Gasteiger partial charge in [-0.05, 0) is 44.1 Å². The van der Waals surface area contributed by atoms with Gasteiger partial charge in [-0.15, -0.1) is 6.42 Å². The minimum Gasteiger partial charge on any atom is -0.496 e. The van der Waals surface area contributed by atoms with E-state index in [1.54, 1.807) is 0 Å². The van der Waals surface area contributed by atoms with Gasteiger partial charge in [0.05, 0.1) is 24.1 Å². The van der Waals surface area contributed by atoms with Gasteiger partial charge in [0.1, 0.15) is 5.75 Å². The highest BCUT2D eigenvalue weighted by Gasteiger charge is 2.24. The zero-order valence-corrected chi connectivity index (χ0v) is 15.9. The van der Waals surface area contributed by atoms with Crippen LogP contribution in [0.5, 0.6) is 5.75 Å². The lowest BCUT2D eigenvalue weighted by Gasteiger charge is -2.23. The quantitative estimate of drug-likeness (QED) is 0.653. The fourth-order valence-corrected chi connectivity index (χ4v) is 4.06. The van der Waals surface area contributed by atoms with Crippen LogP contribution in [0.1, 0.15) is 30.1 Å². The summed E-state index contributed by atoms with van der Waals surface area (Å²) in [5, 5.41) is 2.89. The lowest BCUT2D eigenvalue weighted by atomic mass is 10.1. The van der Waals surface area contributed by atoms with Crippen molar-refractivity contribution in [1.82, 2.24) is 14.9 Å². The van der Waals surface area contributed by atoms with E-state index >= 15 is 0 Å². The Labute approximate surface area is 155 Å². The van der Waals surface area contributed by atoms with Gasteiger partial charge in [-0.25, -0.2) is 8.42 Å². The van der Waals surface area contributed by atoms with Crippen molar-refractivity contribution in [3.05, 3.63) is 23.8 Å². The van der Waals surface area contributed by atoms with Crippen molar-refractivity contribution < 1.29 is 17.9 Å². The van der Waals surface area contributed by atoms with Crippen LogP contribution < -0.4 is 14.8 Å². The number of hydrogen-bond acceptors (Lipinski definition) is 5. The first-order valence-corrected chi connectivity index (χ1v) is 10.0. The predicted octanol–water partition coefficient (Wildman–Crippen LogP) is 0.821. The molecular formula is C18H25N3O4S. The lowest BCUT2D eigenvalue weighted by molar-refractivity contribution is 0.0938. The number of amides is 1. The van der Waals surface area contributed by atoms with Crippen LogP contribution in [0, 0.1) is 12.3 Å². The number of likely N-dealkylation sites (tertiary alicyclic amines) is 1. The van der Waals surface area contributed by atoms with Crippen LogP contribution in [0.3, 0.4) is 0 Å². The Hall–Kier alpha value is -2.08. The van der Waals surface area contributed by atoms with Crippen molar-refractivity contribution in [3.8, 4) is 18.1 Å². The largest absolute Gasteiger partial charge is 0.496 e. The maximum atomic E-state index is 12.6. The summed E-state index contributed by atoms with van der Waals surface area (Å²) < 4.78 is 31.9. The summed E-state index contributed by atoms with van der Waals surface area (Å²) in [6.07, 6.45) is 7.25. The Kier molecular flexibility index (Phi) is 7.03. The molecule has 0 radical (unpaired) electrons. The molecule has 0 bridgehead atoms. The molecule has 0 aromatic heterocycles. The number of rotatable bonds is 8. The Morgan fingerprint density at radius 1 is 1.46 bits per heavy atom. The van der Waals surface area contributed by atoms with Gasteiger partial charge in [-0.3, -0.25) is 9.69 Å². The molecule has 7 nitrogen and oxygen atoms in total. The van der Waals surface area contributed by atoms with Gasteiger partial charge < -0.3 is 10.1 Å². The first kappa shape index (κ1) is 20.2. The van der Waals surface area contributed by atoms with E-state index in [0.717, 1.165) is 25.9 Å². The highest BCUT2D eigenvalue weighted by Crippen LogP contribution is 2.23. The maximum absolute atomic E-state index is 12.6. The Morgan fingerprint density at radius 2 is 2.23 bits per heavy atom. The summed E-state index contributed by atoms with van der Waals surface area (Å²) in [7, 11) is -2.35. The highest BCUT2D eigenvalue weighted by atomic mass is 32.2. The van der Waals surface area contributed by atoms with Crippen molar-refractivity contribution in [2.45, 2.75) is 30.7 Å². The number of carbonyl (C=O) groups excluding carboxylic acids is 1. The van der Waals surface area contributed by atoms with Crippen LogP contribution >= 0.6 is 0 Å². The molecule has 8 heteroatoms. The molecule has 0 aliphatic carbocycles. The lowest BCUT2D eigenvalue weighted by Crippen LogP contribution is -2.40. The third kappa shape index (κ3) is 4.75. The molecule has 1 aliphatic rings. The van der Waals surface area contributed by atoms with Crippen molar-refractivity contribution in [3.63, 3.8) is 0 Å². The van der Waals surface area contributed by atoms with E-state index in [9.17, 15) is 13.2 Å². The summed E-state index contributed by atoms with van der Waals surface area (Å²) in [5.74, 6) is 2.17. The third-order valence-electron chi connectivity index (χ3n) is 4.49. The highest BCUT2D eigenvalue weighted by molar-refractivity contribution is 7.89. The SMILES string of the molecule is C#CCNS(=O)(=O)c1ccc(OC)c(C(=O)NCC2CCCN2CC)c1. The molecule has 0 spiro atoms. The molecule has 1 amide bonds. The monoisotopic (exact) mass is 379 g/mol. The van der Waals surface area contributed by atoms with Crippen LogP contribution in [0.2, 0.25) is 0 Å². The second-order valence-electron chi connectivity index (χ2n) is 6.03. The van der Waals surface area contributed by atoms with Crippen LogP contribution in [-0.2, 0) is 10.0 Å². The molecule has 1 atom stereocenters. The summed E-state index contributed by atoms with van der Waals surface area (Å²) >= 11 is 0. The number of sulfonamides is 1. The van der Waals surface area contributed by atoms with E-state index in [-0.39, 0.29) is 22.9 Å². The van der Waals surface area contributed by atoms with Gasteiger partial charge in [0.2, 0.25) is 10.0 Å². The zero-order chi connectivity index (χ0) is 19.2. The van der Waals surface area contributed by atoms with Gasteiger partial charge in [-0.1, -0.05) is 12.8 Å². The molecule has 1 fully saturated rings. The van der Waals surface area contributed by atoms with E-state index in [4.69, 9.17) is 11.2 Å². The van der Waals surface area contributed by atoms with Crippen molar-refractivity contribution in [2.24, 2.45) is 0 Å². The zero-order valence-electron chi connectivity index (χ0n) is 15.1. The number of likely N-dealkylation sites (N-methyl/N-ethyl adjacent to an activating group) is 1. The van der Waals surface area contributed by atoms with E-state index in [1.807, 2.05) is 0 Å². The summed E-state index contributed by atoms with van der Waals surface area (Å²) in [6.45, 7) is 4.47. The number of carbonyl (C=O) groups is 1. The van der Waals surface area contributed by atoms with Crippen molar-refractivity contribution in [1.29, 1.82) is 0 Å². The van der Waals surface area contributed by atoms with Crippen molar-refractivity contribution >= 4 is 15.9 Å². The standard InChI is InChI=1S/C18H25N3O4S/c1-4-10-20-26(23,24)15-8-9-17(25-3)16(12-15)18(22)19-13-14-7-6-11-21(14)5-2/h1,8-9,12,14,20H,5-7,10-11,13H2,2-3H3,(H,19,22). The molecule has 0 saturated carbocycles. The second-order valence-corrected chi connectivity index (χ2v) is 7.79. The van der Waals surface area contributed by atoms with Crippen LogP contribution in [0.4, 0.5) is 0 Å². The number of benzene rings is 1. The minimum atomic E-state index is -3.78. The van der Waals surface area contributed by atoms with E-state index in [2.05, 4.69) is 27.8 Å². The Bertz CT molecular complexity index is 786. The molecule has 1 aromatic rings. The number of methoxy groups -OCH3 is 1. The first-order valence-electron chi connectivity index (χ1n) is 8.56. The van der Waals surface area contributed by atoms with Gasteiger partial charge in [0.15, 0.2) is 0 Å². The summed E-state index contributed by atoms with van der Waals surface area (Å²) in [5.41, 5.74) is 0.178. The number of hydrogen-bond donors (Lipinski definition) is 2. The average Bonchev–Trinajstić information content (AvgIpc) is 3.11. The van der Waals surface area contributed by atoms with Crippen LogP contribution in [-0.4, -0.2) is 58.6 Å². The molecule has 1 aromatic carbocycles. The first-order chi connectivity index (χ1) is 12.4. The van der Waals surface area contributed by atoms with E-state index < -0.39 is 10.0 Å². The van der Waals surface area contributed by atoms with E-state index in [1.165, 1.54) is 25.3 Å². The van der Waals surface area contributed by atoms with Crippen LogP contribution in [0.25, 0.3) is 0 Å². The molecular weight excluding hydrogens is 354 g/mol. The molecule has 1 heterocycles. The number of terminal acetylenes is 1. The third-order valence-corrected chi connectivity index (χ3v) is 5.89. The fraction of sp³-hybridized carbons (Fsp3) is 0.500. The molecule has 1 unspecified atom stereocenters. The van der Waals surface area contributed by atoms with Crippen LogP contribution in [0.15, 0.2) is 23.1 Å².